The molecule has 1 aliphatic rings. The average molecular weight is 232 g/mol. The Kier molecular flexibility index (Phi) is 4.22. The van der Waals surface area contributed by atoms with Gasteiger partial charge >= 0.3 is 5.97 Å². The molecule has 7 nitrogen and oxygen atoms in total. The Balaban J connectivity index is 2.37. The molecule has 0 saturated carbocycles. The molecule has 1 heterocycles. The first-order valence-electron chi connectivity index (χ1n) is 4.98. The smallest absolute Gasteiger partial charge is 0.337 e. The molecular weight excluding hydrogens is 216 g/mol. The molecule has 1 aliphatic heterocycles. The molecule has 0 radical (unpaired) electrons. The van der Waals surface area contributed by atoms with Crippen LogP contribution in [0.25, 0.3) is 0 Å². The van der Waals surface area contributed by atoms with Crippen LogP contribution in [0, 0.1) is 0 Å². The van der Waals surface area contributed by atoms with Crippen LogP contribution in [0.2, 0.25) is 0 Å². The van der Waals surface area contributed by atoms with Gasteiger partial charge in [0.2, 0.25) is 5.91 Å². The first kappa shape index (κ1) is 12.9. The van der Waals surface area contributed by atoms with Crippen molar-refractivity contribution in [3.8, 4) is 0 Å². The minimum absolute atomic E-state index is 0.251. The van der Waals surface area contributed by atoms with E-state index in [9.17, 15) is 14.7 Å². The van der Waals surface area contributed by atoms with Crippen molar-refractivity contribution < 1.29 is 24.5 Å². The van der Waals surface area contributed by atoms with Gasteiger partial charge in [0.05, 0.1) is 19.8 Å². The Bertz CT molecular complexity index is 273. The van der Waals surface area contributed by atoms with Crippen molar-refractivity contribution in [2.45, 2.75) is 18.6 Å². The quantitative estimate of drug-likeness (QED) is 0.443. The fraction of sp³-hybridized carbons (Fsp3) is 0.778. The van der Waals surface area contributed by atoms with E-state index in [2.05, 4.69) is 10.6 Å². The number of morpholine rings is 1. The van der Waals surface area contributed by atoms with Crippen molar-refractivity contribution in [2.24, 2.45) is 0 Å². The summed E-state index contributed by atoms with van der Waals surface area (Å²) in [6.45, 7) is 2.17. The van der Waals surface area contributed by atoms with Crippen LogP contribution >= 0.6 is 0 Å². The second kappa shape index (κ2) is 5.24. The van der Waals surface area contributed by atoms with Gasteiger partial charge in [-0.1, -0.05) is 0 Å². The number of nitrogens with one attached hydrogen (secondary N) is 2. The third-order valence-corrected chi connectivity index (χ3v) is 2.31. The number of carboxylic acids is 1. The van der Waals surface area contributed by atoms with E-state index < -0.39 is 17.6 Å². The van der Waals surface area contributed by atoms with E-state index in [1.54, 1.807) is 0 Å². The lowest BCUT2D eigenvalue weighted by Crippen LogP contribution is -2.55. The highest BCUT2D eigenvalue weighted by Gasteiger charge is 2.31. The normalized spacial score (nSPS) is 24.5. The molecule has 0 aromatic heterocycles. The van der Waals surface area contributed by atoms with E-state index in [0.29, 0.717) is 13.2 Å². The number of carbonyl (C=O) groups is 2. The second-order valence-corrected chi connectivity index (χ2v) is 3.88. The molecule has 1 saturated heterocycles. The molecular formula is C9H16N2O5. The fourth-order valence-electron chi connectivity index (χ4n) is 1.19. The van der Waals surface area contributed by atoms with Crippen molar-refractivity contribution in [2.75, 3.05) is 26.3 Å². The molecule has 2 unspecified atom stereocenters. The topological polar surface area (TPSA) is 108 Å². The largest absolute Gasteiger partial charge is 0.479 e. The van der Waals surface area contributed by atoms with Gasteiger partial charge in [-0.25, -0.2) is 4.79 Å². The molecule has 0 aromatic rings. The zero-order valence-corrected chi connectivity index (χ0v) is 9.02. The summed E-state index contributed by atoms with van der Waals surface area (Å²) in [5, 5.41) is 23.3. The van der Waals surface area contributed by atoms with E-state index in [4.69, 9.17) is 9.84 Å². The summed E-state index contributed by atoms with van der Waals surface area (Å²) in [5.41, 5.74) is -1.95. The minimum Gasteiger partial charge on any atom is -0.479 e. The van der Waals surface area contributed by atoms with Crippen LogP contribution in [0.3, 0.4) is 0 Å². The van der Waals surface area contributed by atoms with Crippen molar-refractivity contribution in [1.82, 2.24) is 10.6 Å². The Morgan fingerprint density at radius 3 is 2.81 bits per heavy atom. The van der Waals surface area contributed by atoms with Gasteiger partial charge < -0.3 is 25.6 Å². The number of hydrogen-bond acceptors (Lipinski definition) is 5. The zero-order chi connectivity index (χ0) is 12.2. The molecule has 1 amide bonds. The van der Waals surface area contributed by atoms with Crippen LogP contribution in [-0.2, 0) is 14.3 Å². The predicted octanol–water partition coefficient (Wildman–Crippen LogP) is -2.07. The maximum atomic E-state index is 11.5. The highest BCUT2D eigenvalue weighted by molar-refractivity contribution is 5.83. The van der Waals surface area contributed by atoms with Gasteiger partial charge in [0.15, 0.2) is 5.60 Å². The molecule has 0 bridgehead atoms. The summed E-state index contributed by atoms with van der Waals surface area (Å²) in [4.78, 5) is 22.1. The molecule has 7 heteroatoms. The number of rotatable bonds is 4. The molecule has 4 N–H and O–H groups in total. The summed E-state index contributed by atoms with van der Waals surface area (Å²) in [6, 6.07) is -0.488. The lowest BCUT2D eigenvalue weighted by atomic mass is 10.1. The average Bonchev–Trinajstić information content (AvgIpc) is 2.27. The third kappa shape index (κ3) is 3.44. The monoisotopic (exact) mass is 232 g/mol. The van der Waals surface area contributed by atoms with Crippen LogP contribution in [0.1, 0.15) is 6.92 Å². The van der Waals surface area contributed by atoms with Crippen LogP contribution < -0.4 is 10.6 Å². The predicted molar refractivity (Wildman–Crippen MR) is 53.9 cm³/mol. The van der Waals surface area contributed by atoms with Crippen molar-refractivity contribution in [1.29, 1.82) is 0 Å². The zero-order valence-electron chi connectivity index (χ0n) is 9.02. The molecule has 1 rings (SSSR count). The number of carbonyl (C=O) groups excluding carboxylic acids is 1. The molecule has 1 fully saturated rings. The Labute approximate surface area is 92.8 Å². The van der Waals surface area contributed by atoms with Gasteiger partial charge in [0, 0.05) is 6.54 Å². The summed E-state index contributed by atoms with van der Waals surface area (Å²) in [5.74, 6) is -1.75. The first-order chi connectivity index (χ1) is 7.43. The van der Waals surface area contributed by atoms with Crippen LogP contribution in [0.15, 0.2) is 0 Å². The maximum Gasteiger partial charge on any atom is 0.337 e. The van der Waals surface area contributed by atoms with Crippen LogP contribution in [-0.4, -0.2) is 60.0 Å². The van der Waals surface area contributed by atoms with Crippen molar-refractivity contribution >= 4 is 11.9 Å². The number of aliphatic carboxylic acids is 1. The Morgan fingerprint density at radius 2 is 2.31 bits per heavy atom. The number of ether oxygens (including phenoxy) is 1. The standard InChI is InChI=1S/C9H16N2O5/c1-9(15,8(13)14)5-11-7(12)6-4-16-3-2-10-6/h6,10,15H,2-5H2,1H3,(H,11,12)(H,13,14). The number of carboxylic acid groups (broad SMARTS) is 1. The lowest BCUT2D eigenvalue weighted by molar-refractivity contribution is -0.156. The number of amides is 1. The van der Waals surface area contributed by atoms with Gasteiger partial charge in [0.1, 0.15) is 6.04 Å². The fourth-order valence-corrected chi connectivity index (χ4v) is 1.19. The van der Waals surface area contributed by atoms with Gasteiger partial charge in [-0.2, -0.15) is 0 Å². The Morgan fingerprint density at radius 1 is 1.62 bits per heavy atom. The number of hydrogen-bond donors (Lipinski definition) is 4. The van der Waals surface area contributed by atoms with E-state index in [1.165, 1.54) is 0 Å². The van der Waals surface area contributed by atoms with Crippen molar-refractivity contribution in [3.63, 3.8) is 0 Å². The van der Waals surface area contributed by atoms with E-state index in [1.807, 2.05) is 0 Å². The second-order valence-electron chi connectivity index (χ2n) is 3.88. The SMILES string of the molecule is CC(O)(CNC(=O)C1COCCN1)C(=O)O. The number of aliphatic hydroxyl groups is 1. The molecule has 0 spiro atoms. The summed E-state index contributed by atoms with van der Waals surface area (Å²) in [7, 11) is 0. The highest BCUT2D eigenvalue weighted by Crippen LogP contribution is 2.01. The molecule has 0 aromatic carbocycles. The molecule has 0 aliphatic carbocycles. The summed E-state index contributed by atoms with van der Waals surface area (Å²) < 4.78 is 5.08. The minimum atomic E-state index is -1.95. The molecule has 2 atom stereocenters. The maximum absolute atomic E-state index is 11.5. The lowest BCUT2D eigenvalue weighted by Gasteiger charge is -2.25. The summed E-state index contributed by atoms with van der Waals surface area (Å²) in [6.07, 6.45) is 0. The third-order valence-electron chi connectivity index (χ3n) is 2.31. The van der Waals surface area contributed by atoms with Gasteiger partial charge in [-0.05, 0) is 6.92 Å². The van der Waals surface area contributed by atoms with Gasteiger partial charge in [0.25, 0.3) is 0 Å². The highest BCUT2D eigenvalue weighted by atomic mass is 16.5. The molecule has 92 valence electrons. The Hall–Kier alpha value is -1.18. The van der Waals surface area contributed by atoms with Crippen LogP contribution in [0.5, 0.6) is 0 Å². The first-order valence-corrected chi connectivity index (χ1v) is 4.98. The van der Waals surface area contributed by atoms with Gasteiger partial charge in [-0.3, -0.25) is 4.79 Å². The van der Waals surface area contributed by atoms with Gasteiger partial charge in [-0.15, -0.1) is 0 Å². The van der Waals surface area contributed by atoms with Crippen LogP contribution in [0.4, 0.5) is 0 Å². The van der Waals surface area contributed by atoms with E-state index in [0.717, 1.165) is 6.92 Å². The molecule has 16 heavy (non-hydrogen) atoms. The van der Waals surface area contributed by atoms with E-state index >= 15 is 0 Å². The van der Waals surface area contributed by atoms with E-state index in [-0.39, 0.29) is 19.1 Å². The van der Waals surface area contributed by atoms with Crippen molar-refractivity contribution in [3.05, 3.63) is 0 Å². The summed E-state index contributed by atoms with van der Waals surface area (Å²) >= 11 is 0.